The van der Waals surface area contributed by atoms with E-state index in [1.54, 1.807) is 12.1 Å². The number of carbonyl (C=O) groups is 1. The van der Waals surface area contributed by atoms with Crippen molar-refractivity contribution in [3.05, 3.63) is 35.9 Å². The standard InChI is InChI=1S/C8H8O2.C7H13N.C6H13N/c9-8(10)6-7-4-2-1-3-5-7;1-4-8-5-2-7(1)3-6-8;1-6-2-4-7-5-3-6/h1-5H,6H2,(H,9,10);7H,1-6H2;6-7H,2-5H2,1H3. The van der Waals surface area contributed by atoms with Gasteiger partial charge in [0, 0.05) is 0 Å². The summed E-state index contributed by atoms with van der Waals surface area (Å²) < 4.78 is 0. The lowest BCUT2D eigenvalue weighted by Gasteiger charge is -2.38. The predicted molar refractivity (Wildman–Crippen MR) is 103 cm³/mol. The Labute approximate surface area is 152 Å². The third-order valence-corrected chi connectivity index (χ3v) is 5.39. The molecule has 1 aromatic carbocycles. The highest BCUT2D eigenvalue weighted by atomic mass is 16.4. The molecule has 0 aromatic heterocycles. The van der Waals surface area contributed by atoms with Gasteiger partial charge in [-0.3, -0.25) is 4.79 Å². The molecule has 2 bridgehead atoms. The fourth-order valence-electron chi connectivity index (χ4n) is 3.60. The largest absolute Gasteiger partial charge is 0.481 e. The van der Waals surface area contributed by atoms with Gasteiger partial charge in [-0.1, -0.05) is 37.3 Å². The first-order valence-corrected chi connectivity index (χ1v) is 9.82. The molecule has 1 aromatic rings. The summed E-state index contributed by atoms with van der Waals surface area (Å²) in [6.45, 7) is 8.98. The quantitative estimate of drug-likeness (QED) is 0.861. The highest BCUT2D eigenvalue weighted by molar-refractivity contribution is 5.70. The van der Waals surface area contributed by atoms with E-state index in [4.69, 9.17) is 5.11 Å². The first-order chi connectivity index (χ1) is 12.1. The van der Waals surface area contributed by atoms with Crippen LogP contribution >= 0.6 is 0 Å². The van der Waals surface area contributed by atoms with Crippen LogP contribution < -0.4 is 5.32 Å². The average Bonchev–Trinajstić information content (AvgIpc) is 2.65. The smallest absolute Gasteiger partial charge is 0.307 e. The molecular formula is C21H34N2O2. The molecule has 4 nitrogen and oxygen atoms in total. The van der Waals surface area contributed by atoms with Crippen LogP contribution in [0.5, 0.6) is 0 Å². The molecule has 5 rings (SSSR count). The molecule has 0 atom stereocenters. The number of carboxylic acids is 1. The molecule has 0 spiro atoms. The van der Waals surface area contributed by atoms with E-state index in [1.165, 1.54) is 64.8 Å². The van der Waals surface area contributed by atoms with Crippen molar-refractivity contribution in [3.8, 4) is 0 Å². The summed E-state index contributed by atoms with van der Waals surface area (Å²) in [5.41, 5.74) is 0.843. The van der Waals surface area contributed by atoms with Gasteiger partial charge in [-0.15, -0.1) is 0 Å². The molecule has 0 amide bonds. The van der Waals surface area contributed by atoms with E-state index in [0.29, 0.717) is 0 Å². The highest BCUT2D eigenvalue weighted by Crippen LogP contribution is 2.26. The van der Waals surface area contributed by atoms with Gasteiger partial charge in [0.25, 0.3) is 0 Å². The van der Waals surface area contributed by atoms with Gasteiger partial charge >= 0.3 is 5.97 Å². The monoisotopic (exact) mass is 346 g/mol. The molecule has 25 heavy (non-hydrogen) atoms. The van der Waals surface area contributed by atoms with E-state index in [0.717, 1.165) is 17.4 Å². The van der Waals surface area contributed by atoms with Crippen molar-refractivity contribution in [1.82, 2.24) is 10.2 Å². The van der Waals surface area contributed by atoms with E-state index >= 15 is 0 Å². The van der Waals surface area contributed by atoms with Crippen LogP contribution in [0, 0.1) is 11.8 Å². The lowest BCUT2D eigenvalue weighted by molar-refractivity contribution is -0.136. The van der Waals surface area contributed by atoms with E-state index in [2.05, 4.69) is 17.1 Å². The van der Waals surface area contributed by atoms with E-state index in [9.17, 15) is 4.79 Å². The number of benzene rings is 1. The number of piperidine rings is 4. The summed E-state index contributed by atoms with van der Waals surface area (Å²) in [7, 11) is 0. The number of hydrogen-bond donors (Lipinski definition) is 2. The van der Waals surface area contributed by atoms with Gasteiger partial charge in [-0.25, -0.2) is 0 Å². The molecule has 4 heterocycles. The van der Waals surface area contributed by atoms with Crippen molar-refractivity contribution >= 4 is 5.97 Å². The first-order valence-electron chi connectivity index (χ1n) is 9.82. The molecule has 0 unspecified atom stereocenters. The number of nitrogens with zero attached hydrogens (tertiary/aromatic N) is 1. The van der Waals surface area contributed by atoms with Gasteiger partial charge in [0.05, 0.1) is 6.42 Å². The van der Waals surface area contributed by atoms with Gasteiger partial charge in [0.15, 0.2) is 0 Å². The van der Waals surface area contributed by atoms with Gasteiger partial charge in [0.1, 0.15) is 0 Å². The predicted octanol–water partition coefficient (Wildman–Crippen LogP) is 3.42. The highest BCUT2D eigenvalue weighted by Gasteiger charge is 2.24. The Kier molecular flexibility index (Phi) is 8.98. The van der Waals surface area contributed by atoms with E-state index in [-0.39, 0.29) is 6.42 Å². The summed E-state index contributed by atoms with van der Waals surface area (Å²) in [4.78, 5) is 12.8. The number of carboxylic acid groups (broad SMARTS) is 1. The molecule has 4 heteroatoms. The van der Waals surface area contributed by atoms with E-state index < -0.39 is 5.97 Å². The topological polar surface area (TPSA) is 52.6 Å². The van der Waals surface area contributed by atoms with Crippen LogP contribution in [0.15, 0.2) is 30.3 Å². The Morgan fingerprint density at radius 1 is 1.04 bits per heavy atom. The summed E-state index contributed by atoms with van der Waals surface area (Å²) in [6, 6.07) is 9.13. The molecule has 4 aliphatic rings. The van der Waals surface area contributed by atoms with Gasteiger partial charge in [0.2, 0.25) is 0 Å². The lowest BCUT2D eigenvalue weighted by atomic mass is 9.89. The normalized spacial score (nSPS) is 25.2. The zero-order valence-electron chi connectivity index (χ0n) is 15.6. The number of aliphatic carboxylic acids is 1. The third kappa shape index (κ3) is 8.50. The Balaban J connectivity index is 0.000000137. The summed E-state index contributed by atoms with van der Waals surface area (Å²) in [6.07, 6.45) is 7.32. The van der Waals surface area contributed by atoms with Gasteiger partial charge in [-0.2, -0.15) is 0 Å². The zero-order chi connectivity index (χ0) is 17.9. The van der Waals surface area contributed by atoms with Crippen LogP contribution in [0.3, 0.4) is 0 Å². The number of rotatable bonds is 2. The van der Waals surface area contributed by atoms with Crippen LogP contribution in [0.4, 0.5) is 0 Å². The first kappa shape index (κ1) is 19.9. The molecule has 0 radical (unpaired) electrons. The second-order valence-corrected chi connectivity index (χ2v) is 7.56. The molecule has 0 aliphatic carbocycles. The van der Waals surface area contributed by atoms with Crippen LogP contribution in [-0.2, 0) is 11.2 Å². The van der Waals surface area contributed by atoms with Gasteiger partial charge in [-0.05, 0) is 82.2 Å². The third-order valence-electron chi connectivity index (χ3n) is 5.39. The number of nitrogens with one attached hydrogen (secondary N) is 1. The Bertz CT molecular complexity index is 455. The van der Waals surface area contributed by atoms with Crippen LogP contribution in [0.25, 0.3) is 0 Å². The van der Waals surface area contributed by atoms with Gasteiger partial charge < -0.3 is 15.3 Å². The minimum atomic E-state index is -0.786. The Morgan fingerprint density at radius 2 is 1.60 bits per heavy atom. The van der Waals surface area contributed by atoms with Crippen molar-refractivity contribution in [2.75, 3.05) is 32.7 Å². The van der Waals surface area contributed by atoms with E-state index in [1.807, 2.05) is 18.2 Å². The van der Waals surface area contributed by atoms with Crippen LogP contribution in [-0.4, -0.2) is 48.7 Å². The van der Waals surface area contributed by atoms with Crippen LogP contribution in [0.1, 0.15) is 44.6 Å². The summed E-state index contributed by atoms with van der Waals surface area (Å²) in [5, 5.41) is 11.7. The van der Waals surface area contributed by atoms with Crippen molar-refractivity contribution in [2.45, 2.75) is 45.4 Å². The number of hydrogen-bond acceptors (Lipinski definition) is 3. The summed E-state index contributed by atoms with van der Waals surface area (Å²) >= 11 is 0. The average molecular weight is 347 g/mol. The van der Waals surface area contributed by atoms with Crippen molar-refractivity contribution < 1.29 is 9.90 Å². The van der Waals surface area contributed by atoms with Crippen molar-refractivity contribution in [2.24, 2.45) is 11.8 Å². The summed E-state index contributed by atoms with van der Waals surface area (Å²) in [5.74, 6) is 1.30. The fourth-order valence-corrected chi connectivity index (χ4v) is 3.60. The van der Waals surface area contributed by atoms with Crippen molar-refractivity contribution in [3.63, 3.8) is 0 Å². The molecule has 0 saturated carbocycles. The molecule has 4 aliphatic heterocycles. The minimum absolute atomic E-state index is 0.112. The van der Waals surface area contributed by atoms with Crippen molar-refractivity contribution in [1.29, 1.82) is 0 Å². The fraction of sp³-hybridized carbons (Fsp3) is 0.667. The number of fused-ring (bicyclic) bond motifs is 3. The molecule has 140 valence electrons. The van der Waals surface area contributed by atoms with Crippen LogP contribution in [0.2, 0.25) is 0 Å². The maximum absolute atomic E-state index is 10.2. The maximum atomic E-state index is 10.2. The molecular weight excluding hydrogens is 312 g/mol. The molecule has 4 saturated heterocycles. The molecule has 2 N–H and O–H groups in total. The lowest BCUT2D eigenvalue weighted by Crippen LogP contribution is -2.41. The minimum Gasteiger partial charge on any atom is -0.481 e. The Morgan fingerprint density at radius 3 is 1.92 bits per heavy atom. The second-order valence-electron chi connectivity index (χ2n) is 7.56. The SMILES string of the molecule is C1CN2CCC1CC2.CC1CCNCC1.O=C(O)Cc1ccccc1. The maximum Gasteiger partial charge on any atom is 0.307 e. The Hall–Kier alpha value is -1.39. The second kappa shape index (κ2) is 11.3. The zero-order valence-corrected chi connectivity index (χ0v) is 15.6. The molecule has 4 fully saturated rings.